The molecule has 1 aliphatic heterocycles. The third-order valence-electron chi connectivity index (χ3n) is 2.69. The van der Waals surface area contributed by atoms with E-state index in [-0.39, 0.29) is 18.9 Å². The minimum atomic E-state index is -0.871. The Hall–Kier alpha value is -1.09. The Kier molecular flexibility index (Phi) is 4.74. The Labute approximate surface area is 95.3 Å². The molecule has 0 bridgehead atoms. The smallest absolute Gasteiger partial charge is 0.238 e. The molecular formula is C11H18N2O3. The molecule has 0 aromatic heterocycles. The van der Waals surface area contributed by atoms with Crippen LogP contribution < -0.4 is 11.1 Å². The van der Waals surface area contributed by atoms with Gasteiger partial charge in [-0.05, 0) is 0 Å². The van der Waals surface area contributed by atoms with Gasteiger partial charge in [0, 0.05) is 39.0 Å². The van der Waals surface area contributed by atoms with Crippen molar-refractivity contribution < 1.29 is 14.6 Å². The first-order valence-corrected chi connectivity index (χ1v) is 5.34. The van der Waals surface area contributed by atoms with Crippen LogP contribution in [0, 0.1) is 12.3 Å². The number of carbonyl (C=O) groups is 1. The first kappa shape index (κ1) is 13.0. The van der Waals surface area contributed by atoms with Gasteiger partial charge in [0.1, 0.15) is 0 Å². The van der Waals surface area contributed by atoms with Gasteiger partial charge in [-0.15, -0.1) is 12.3 Å². The second-order valence-electron chi connectivity index (χ2n) is 4.07. The van der Waals surface area contributed by atoms with Gasteiger partial charge in [0.25, 0.3) is 0 Å². The number of terminal acetylenes is 1. The molecule has 0 aromatic carbocycles. The fourth-order valence-electron chi connectivity index (χ4n) is 1.53. The standard InChI is InChI=1S/C11H18N2O3/c1-2-3-9(12)10(14)13-8-11(15)4-6-16-7-5-11/h1,9,15H,3-8,12H2,(H,13,14). The minimum absolute atomic E-state index is 0.202. The first-order valence-electron chi connectivity index (χ1n) is 5.34. The summed E-state index contributed by atoms with van der Waals surface area (Å²) in [4.78, 5) is 11.4. The van der Waals surface area contributed by atoms with E-state index < -0.39 is 11.6 Å². The van der Waals surface area contributed by atoms with Crippen LogP contribution in [0.5, 0.6) is 0 Å². The molecule has 0 radical (unpaired) electrons. The van der Waals surface area contributed by atoms with E-state index in [1.807, 2.05) is 0 Å². The van der Waals surface area contributed by atoms with Gasteiger partial charge in [0.05, 0.1) is 11.6 Å². The molecule has 0 aliphatic carbocycles. The molecule has 90 valence electrons. The molecule has 1 aliphatic rings. The number of nitrogens with one attached hydrogen (secondary N) is 1. The molecule has 5 heteroatoms. The molecule has 0 saturated carbocycles. The lowest BCUT2D eigenvalue weighted by atomic mass is 9.94. The van der Waals surface area contributed by atoms with Crippen LogP contribution in [0.25, 0.3) is 0 Å². The van der Waals surface area contributed by atoms with Crippen LogP contribution in [0.3, 0.4) is 0 Å². The van der Waals surface area contributed by atoms with Crippen molar-refractivity contribution in [2.24, 2.45) is 5.73 Å². The van der Waals surface area contributed by atoms with Gasteiger partial charge >= 0.3 is 0 Å². The Morgan fingerprint density at radius 1 is 1.62 bits per heavy atom. The summed E-state index contributed by atoms with van der Waals surface area (Å²) in [6, 6.07) is -0.701. The number of nitrogens with two attached hydrogens (primary N) is 1. The first-order chi connectivity index (χ1) is 7.57. The summed E-state index contributed by atoms with van der Waals surface area (Å²) >= 11 is 0. The fraction of sp³-hybridized carbons (Fsp3) is 0.727. The maximum atomic E-state index is 11.4. The highest BCUT2D eigenvalue weighted by atomic mass is 16.5. The molecule has 1 saturated heterocycles. The van der Waals surface area contributed by atoms with Crippen LogP contribution >= 0.6 is 0 Å². The summed E-state index contributed by atoms with van der Waals surface area (Å²) < 4.78 is 5.13. The SMILES string of the molecule is C#CCC(N)C(=O)NCC1(O)CCOCC1. The third-order valence-corrected chi connectivity index (χ3v) is 2.69. The molecule has 16 heavy (non-hydrogen) atoms. The van der Waals surface area contributed by atoms with Crippen LogP contribution in [-0.2, 0) is 9.53 Å². The molecule has 0 aromatic rings. The number of ether oxygens (including phenoxy) is 1. The van der Waals surface area contributed by atoms with E-state index in [2.05, 4.69) is 11.2 Å². The molecule has 1 atom stereocenters. The van der Waals surface area contributed by atoms with Gasteiger partial charge in [0.15, 0.2) is 0 Å². The quantitative estimate of drug-likeness (QED) is 0.536. The van der Waals surface area contributed by atoms with Crippen LogP contribution in [-0.4, -0.2) is 42.4 Å². The Bertz CT molecular complexity index is 279. The van der Waals surface area contributed by atoms with E-state index in [1.165, 1.54) is 0 Å². The van der Waals surface area contributed by atoms with Crippen molar-refractivity contribution in [3.8, 4) is 12.3 Å². The van der Waals surface area contributed by atoms with E-state index in [0.717, 1.165) is 0 Å². The molecule has 4 N–H and O–H groups in total. The van der Waals surface area contributed by atoms with Crippen molar-refractivity contribution in [3.05, 3.63) is 0 Å². The Balaban J connectivity index is 2.33. The third kappa shape index (κ3) is 3.81. The number of amides is 1. The summed E-state index contributed by atoms with van der Waals surface area (Å²) in [5, 5.41) is 12.7. The molecule has 1 fully saturated rings. The van der Waals surface area contributed by atoms with Crippen molar-refractivity contribution in [1.29, 1.82) is 0 Å². The van der Waals surface area contributed by atoms with Crippen LogP contribution in [0.1, 0.15) is 19.3 Å². The maximum Gasteiger partial charge on any atom is 0.238 e. The lowest BCUT2D eigenvalue weighted by Gasteiger charge is -2.32. The predicted octanol–water partition coefficient (Wildman–Crippen LogP) is -1.01. The molecular weight excluding hydrogens is 208 g/mol. The zero-order chi connectivity index (χ0) is 12.0. The highest BCUT2D eigenvalue weighted by Crippen LogP contribution is 2.19. The van der Waals surface area contributed by atoms with Crippen molar-refractivity contribution in [2.45, 2.75) is 30.9 Å². The van der Waals surface area contributed by atoms with Gasteiger partial charge in [-0.1, -0.05) is 0 Å². The number of hydrogen-bond acceptors (Lipinski definition) is 4. The zero-order valence-corrected chi connectivity index (χ0v) is 9.24. The summed E-state index contributed by atoms with van der Waals surface area (Å²) in [6.07, 6.45) is 6.31. The second-order valence-corrected chi connectivity index (χ2v) is 4.07. The van der Waals surface area contributed by atoms with Crippen LogP contribution in [0.15, 0.2) is 0 Å². The average molecular weight is 226 g/mol. The van der Waals surface area contributed by atoms with Crippen LogP contribution in [0.4, 0.5) is 0 Å². The second kappa shape index (κ2) is 5.85. The highest BCUT2D eigenvalue weighted by molar-refractivity contribution is 5.81. The maximum absolute atomic E-state index is 11.4. The van der Waals surface area contributed by atoms with Crippen LogP contribution in [0.2, 0.25) is 0 Å². The number of rotatable bonds is 4. The van der Waals surface area contributed by atoms with E-state index in [9.17, 15) is 9.90 Å². The van der Waals surface area contributed by atoms with E-state index in [4.69, 9.17) is 16.9 Å². The monoisotopic (exact) mass is 226 g/mol. The Morgan fingerprint density at radius 3 is 2.81 bits per heavy atom. The van der Waals surface area contributed by atoms with Gasteiger partial charge in [-0.3, -0.25) is 4.79 Å². The van der Waals surface area contributed by atoms with Crippen molar-refractivity contribution >= 4 is 5.91 Å². The normalized spacial score (nSPS) is 20.8. The van der Waals surface area contributed by atoms with Gasteiger partial charge in [0.2, 0.25) is 5.91 Å². The molecule has 1 rings (SSSR count). The highest BCUT2D eigenvalue weighted by Gasteiger charge is 2.30. The zero-order valence-electron chi connectivity index (χ0n) is 9.24. The van der Waals surface area contributed by atoms with Gasteiger partial charge in [-0.2, -0.15) is 0 Å². The number of hydrogen-bond donors (Lipinski definition) is 3. The minimum Gasteiger partial charge on any atom is -0.388 e. The lowest BCUT2D eigenvalue weighted by Crippen LogP contribution is -2.50. The predicted molar refractivity (Wildman–Crippen MR) is 59.4 cm³/mol. The van der Waals surface area contributed by atoms with E-state index >= 15 is 0 Å². The molecule has 0 spiro atoms. The van der Waals surface area contributed by atoms with Crippen molar-refractivity contribution in [2.75, 3.05) is 19.8 Å². The molecule has 1 heterocycles. The summed E-state index contributed by atoms with van der Waals surface area (Å²) in [7, 11) is 0. The molecule has 1 amide bonds. The summed E-state index contributed by atoms with van der Waals surface area (Å²) in [5.74, 6) is 2.01. The topological polar surface area (TPSA) is 84.6 Å². The fourth-order valence-corrected chi connectivity index (χ4v) is 1.53. The summed E-state index contributed by atoms with van der Waals surface area (Å²) in [5.41, 5.74) is 4.65. The van der Waals surface area contributed by atoms with E-state index in [0.29, 0.717) is 26.1 Å². The number of aliphatic hydroxyl groups is 1. The van der Waals surface area contributed by atoms with Crippen molar-refractivity contribution in [3.63, 3.8) is 0 Å². The number of carbonyl (C=O) groups excluding carboxylic acids is 1. The van der Waals surface area contributed by atoms with E-state index in [1.54, 1.807) is 0 Å². The van der Waals surface area contributed by atoms with Gasteiger partial charge < -0.3 is 20.9 Å². The lowest BCUT2D eigenvalue weighted by molar-refractivity contribution is -0.125. The molecule has 5 nitrogen and oxygen atoms in total. The summed E-state index contributed by atoms with van der Waals surface area (Å²) in [6.45, 7) is 1.24. The largest absolute Gasteiger partial charge is 0.388 e. The molecule has 1 unspecified atom stereocenters. The van der Waals surface area contributed by atoms with Crippen molar-refractivity contribution in [1.82, 2.24) is 5.32 Å². The van der Waals surface area contributed by atoms with Gasteiger partial charge in [-0.25, -0.2) is 0 Å². The average Bonchev–Trinajstić information content (AvgIpc) is 2.27. The Morgan fingerprint density at radius 2 is 2.25 bits per heavy atom.